The predicted octanol–water partition coefficient (Wildman–Crippen LogP) is 2.79. The molecule has 0 aromatic rings. The van der Waals surface area contributed by atoms with Gasteiger partial charge < -0.3 is 14.7 Å². The van der Waals surface area contributed by atoms with Gasteiger partial charge >= 0.3 is 6.09 Å². The molecule has 1 aliphatic heterocycles. The van der Waals surface area contributed by atoms with Gasteiger partial charge in [-0.2, -0.15) is 0 Å². The lowest BCUT2D eigenvalue weighted by atomic mass is 9.91. The van der Waals surface area contributed by atoms with Gasteiger partial charge in [0.25, 0.3) is 0 Å². The number of hydrogen-bond acceptors (Lipinski definition) is 3. The number of nitrogens with zero attached hydrogens (tertiary/aromatic N) is 1. The Hall–Kier alpha value is -0.770. The second kappa shape index (κ2) is 6.41. The van der Waals surface area contributed by atoms with Crippen molar-refractivity contribution in [1.29, 1.82) is 0 Å². The van der Waals surface area contributed by atoms with Crippen molar-refractivity contribution in [3.63, 3.8) is 0 Å². The molecule has 18 heavy (non-hydrogen) atoms. The van der Waals surface area contributed by atoms with Crippen LogP contribution < -0.4 is 0 Å². The minimum atomic E-state index is -0.416. The molecule has 0 radical (unpaired) electrons. The average Bonchev–Trinajstić information content (AvgIpc) is 2.24. The minimum absolute atomic E-state index is 0.198. The molecular weight excluding hydrogens is 230 g/mol. The number of amides is 1. The molecule has 0 aromatic heterocycles. The van der Waals surface area contributed by atoms with Crippen LogP contribution in [0.4, 0.5) is 4.79 Å². The van der Waals surface area contributed by atoms with Crippen LogP contribution >= 0.6 is 0 Å². The van der Waals surface area contributed by atoms with Gasteiger partial charge in [-0.15, -0.1) is 0 Å². The zero-order valence-corrected chi connectivity index (χ0v) is 12.1. The number of carbonyl (C=O) groups is 1. The number of aliphatic hydroxyl groups excluding tert-OH is 1. The minimum Gasteiger partial charge on any atom is -0.444 e. The molecule has 1 N–H and O–H groups in total. The molecule has 1 saturated heterocycles. The molecule has 4 nitrogen and oxygen atoms in total. The van der Waals surface area contributed by atoms with E-state index in [9.17, 15) is 9.90 Å². The number of likely N-dealkylation sites (tertiary alicyclic amines) is 1. The first-order chi connectivity index (χ1) is 8.28. The van der Waals surface area contributed by atoms with E-state index in [-0.39, 0.29) is 12.2 Å². The van der Waals surface area contributed by atoms with Gasteiger partial charge in [0.1, 0.15) is 5.60 Å². The summed E-state index contributed by atoms with van der Waals surface area (Å²) in [5, 5.41) is 9.27. The van der Waals surface area contributed by atoms with Crippen molar-refractivity contribution >= 4 is 6.09 Å². The molecule has 1 amide bonds. The zero-order chi connectivity index (χ0) is 13.8. The van der Waals surface area contributed by atoms with E-state index in [4.69, 9.17) is 4.74 Å². The Kier molecular flexibility index (Phi) is 5.45. The Balaban J connectivity index is 2.28. The molecule has 0 aliphatic carbocycles. The summed E-state index contributed by atoms with van der Waals surface area (Å²) in [6.07, 6.45) is 3.54. The lowest BCUT2D eigenvalue weighted by Crippen LogP contribution is -2.41. The van der Waals surface area contributed by atoms with Gasteiger partial charge in [-0.25, -0.2) is 4.79 Å². The second-order valence-corrected chi connectivity index (χ2v) is 6.34. The van der Waals surface area contributed by atoms with E-state index in [1.807, 2.05) is 27.7 Å². The summed E-state index contributed by atoms with van der Waals surface area (Å²) in [4.78, 5) is 13.6. The summed E-state index contributed by atoms with van der Waals surface area (Å²) >= 11 is 0. The van der Waals surface area contributed by atoms with Gasteiger partial charge in [-0.3, -0.25) is 0 Å². The summed E-state index contributed by atoms with van der Waals surface area (Å²) in [5.74, 6) is 0.637. The van der Waals surface area contributed by atoms with E-state index in [0.29, 0.717) is 5.92 Å². The van der Waals surface area contributed by atoms with Crippen molar-refractivity contribution in [3.8, 4) is 0 Å². The normalized spacial score (nSPS) is 19.7. The molecule has 1 atom stereocenters. The summed E-state index contributed by atoms with van der Waals surface area (Å²) in [5.41, 5.74) is -0.416. The molecule has 0 bridgehead atoms. The number of hydrogen-bond donors (Lipinski definition) is 1. The first kappa shape index (κ1) is 15.3. The van der Waals surface area contributed by atoms with Gasteiger partial charge in [0, 0.05) is 13.1 Å². The van der Waals surface area contributed by atoms with Crippen LogP contribution in [-0.2, 0) is 4.74 Å². The summed E-state index contributed by atoms with van der Waals surface area (Å²) in [6.45, 7) is 9.05. The predicted molar refractivity (Wildman–Crippen MR) is 71.4 cm³/mol. The molecule has 1 heterocycles. The van der Waals surface area contributed by atoms with Gasteiger partial charge in [-0.05, 0) is 59.3 Å². The number of piperidine rings is 1. The van der Waals surface area contributed by atoms with Crippen molar-refractivity contribution in [1.82, 2.24) is 4.90 Å². The van der Waals surface area contributed by atoms with Crippen molar-refractivity contribution < 1.29 is 14.6 Å². The molecule has 1 fully saturated rings. The van der Waals surface area contributed by atoms with E-state index in [1.54, 1.807) is 4.90 Å². The van der Waals surface area contributed by atoms with Crippen molar-refractivity contribution in [2.45, 2.75) is 65.1 Å². The summed E-state index contributed by atoms with van der Waals surface area (Å²) in [7, 11) is 0. The highest BCUT2D eigenvalue weighted by molar-refractivity contribution is 5.68. The smallest absolute Gasteiger partial charge is 0.410 e. The van der Waals surface area contributed by atoms with Gasteiger partial charge in [0.05, 0.1) is 6.10 Å². The number of aliphatic hydroxyl groups is 1. The first-order valence-electron chi connectivity index (χ1n) is 6.94. The number of carbonyl (C=O) groups excluding carboxylic acids is 1. The highest BCUT2D eigenvalue weighted by atomic mass is 16.6. The van der Waals surface area contributed by atoms with E-state index < -0.39 is 5.60 Å². The van der Waals surface area contributed by atoms with Gasteiger partial charge in [-0.1, -0.05) is 0 Å². The van der Waals surface area contributed by atoms with Crippen LogP contribution in [-0.4, -0.2) is 40.9 Å². The highest BCUT2D eigenvalue weighted by Crippen LogP contribution is 2.23. The van der Waals surface area contributed by atoms with Crippen LogP contribution in [0.5, 0.6) is 0 Å². The maximum atomic E-state index is 11.9. The van der Waals surface area contributed by atoms with Crippen LogP contribution in [0.3, 0.4) is 0 Å². The van der Waals surface area contributed by atoms with E-state index >= 15 is 0 Å². The standard InChI is InChI=1S/C14H27NO3/c1-11(16)5-6-12-7-9-15(10-8-12)13(17)18-14(2,3)4/h11-12,16H,5-10H2,1-4H3/t11-/m1/s1. The van der Waals surface area contributed by atoms with Gasteiger partial charge in [0.2, 0.25) is 0 Å². The third-order valence-corrected chi connectivity index (χ3v) is 3.26. The van der Waals surface area contributed by atoms with E-state index in [0.717, 1.165) is 38.8 Å². The molecule has 0 saturated carbocycles. The number of ether oxygens (including phenoxy) is 1. The second-order valence-electron chi connectivity index (χ2n) is 6.34. The van der Waals surface area contributed by atoms with Crippen LogP contribution in [0.25, 0.3) is 0 Å². The monoisotopic (exact) mass is 257 g/mol. The summed E-state index contributed by atoms with van der Waals surface area (Å²) in [6, 6.07) is 0. The SMILES string of the molecule is C[C@@H](O)CCC1CCN(C(=O)OC(C)(C)C)CC1. The molecule has 0 spiro atoms. The molecule has 0 unspecified atom stereocenters. The van der Waals surface area contributed by atoms with Crippen LogP contribution in [0.1, 0.15) is 53.4 Å². The number of rotatable bonds is 3. The third-order valence-electron chi connectivity index (χ3n) is 3.26. The maximum absolute atomic E-state index is 11.9. The average molecular weight is 257 g/mol. The van der Waals surface area contributed by atoms with E-state index in [1.165, 1.54) is 0 Å². The lowest BCUT2D eigenvalue weighted by molar-refractivity contribution is 0.0175. The van der Waals surface area contributed by atoms with E-state index in [2.05, 4.69) is 0 Å². The molecule has 0 aromatic carbocycles. The molecular formula is C14H27NO3. The molecule has 1 rings (SSSR count). The van der Waals surface area contributed by atoms with Crippen LogP contribution in [0, 0.1) is 5.92 Å². The fraction of sp³-hybridized carbons (Fsp3) is 0.929. The van der Waals surface area contributed by atoms with Crippen molar-refractivity contribution in [2.75, 3.05) is 13.1 Å². The Morgan fingerprint density at radius 1 is 1.39 bits per heavy atom. The first-order valence-corrected chi connectivity index (χ1v) is 6.94. The van der Waals surface area contributed by atoms with Gasteiger partial charge in [0.15, 0.2) is 0 Å². The fourth-order valence-electron chi connectivity index (χ4n) is 2.21. The Morgan fingerprint density at radius 3 is 2.39 bits per heavy atom. The Morgan fingerprint density at radius 2 is 1.94 bits per heavy atom. The largest absolute Gasteiger partial charge is 0.444 e. The molecule has 4 heteroatoms. The molecule has 1 aliphatic rings. The van der Waals surface area contributed by atoms with Crippen LogP contribution in [0.2, 0.25) is 0 Å². The Labute approximate surface area is 110 Å². The van der Waals surface area contributed by atoms with Crippen molar-refractivity contribution in [2.24, 2.45) is 5.92 Å². The summed E-state index contributed by atoms with van der Waals surface area (Å²) < 4.78 is 5.36. The lowest BCUT2D eigenvalue weighted by Gasteiger charge is -2.33. The fourth-order valence-corrected chi connectivity index (χ4v) is 2.21. The third kappa shape index (κ3) is 5.71. The topological polar surface area (TPSA) is 49.8 Å². The van der Waals surface area contributed by atoms with Crippen molar-refractivity contribution in [3.05, 3.63) is 0 Å². The quantitative estimate of drug-likeness (QED) is 0.845. The molecule has 106 valence electrons. The maximum Gasteiger partial charge on any atom is 0.410 e. The zero-order valence-electron chi connectivity index (χ0n) is 12.1. The Bertz CT molecular complexity index is 263. The highest BCUT2D eigenvalue weighted by Gasteiger charge is 2.26. The van der Waals surface area contributed by atoms with Crippen LogP contribution in [0.15, 0.2) is 0 Å².